The van der Waals surface area contributed by atoms with Crippen LogP contribution in [0.15, 0.2) is 164 Å². The van der Waals surface area contributed by atoms with Gasteiger partial charge in [-0.05, 0) is 68.2 Å². The van der Waals surface area contributed by atoms with E-state index in [1.165, 1.54) is 46.8 Å². The quantitative estimate of drug-likeness (QED) is 0.117. The maximum absolute atomic E-state index is 8.42. The SMILES string of the molecule is [2H]C(C)(C)c1ccnc(-c2[c-]ccc3c2sc2ccc(-c4cccc(-c5ccccc5)c4)cc23)c1.[2H]C([2H])([2H])c1c[c-]c(-c2cc[c]([Ge]([CH3])([CH3])[CH3])cn2)cc1-c1ccccc1.[Ir]. The first kappa shape index (κ1) is 36.1. The zero-order valence-corrected chi connectivity index (χ0v) is 38.5. The molecule has 0 bridgehead atoms. The molecule has 0 aliphatic carbocycles. The normalized spacial score (nSPS) is 12.7. The van der Waals surface area contributed by atoms with E-state index in [0.29, 0.717) is 11.1 Å². The Morgan fingerprint density at radius 1 is 0.655 bits per heavy atom. The second-order valence-electron chi connectivity index (χ2n) is 15.5. The monoisotopic (exact) mass is 1010 g/mol. The standard InChI is InChI=1S/C32H24NS.C21H22GeN.Ir/c1-21(2)23-16-17-33-30(20-23)28-13-7-12-27-29-19-26(14-15-31(29)34-32(27)28)25-11-6-10-24(18-25)22-8-4-3-5-9-22;1-16-10-11-18(14-20(16)17-8-6-5-7-9-17)21-13-12-19(15-23-21)22(2,3)4;/h3-12,14-21H,1-2H3;5-10,12-15H,1-4H3;/q2*-1;/i21D;1D3;. The fraction of sp³-hybridized carbons (Fsp3) is 0.132. The van der Waals surface area contributed by atoms with E-state index >= 15 is 0 Å². The molecule has 0 saturated carbocycles. The first-order chi connectivity index (χ1) is 29.1. The van der Waals surface area contributed by atoms with Gasteiger partial charge in [0.2, 0.25) is 0 Å². The molecule has 6 aromatic carbocycles. The Labute approximate surface area is 369 Å². The van der Waals surface area contributed by atoms with Crippen molar-refractivity contribution < 1.29 is 25.6 Å². The molecule has 3 aromatic heterocycles. The summed E-state index contributed by atoms with van der Waals surface area (Å²) < 4.78 is 35.7. The van der Waals surface area contributed by atoms with Gasteiger partial charge in [0.05, 0.1) is 0 Å². The topological polar surface area (TPSA) is 25.8 Å². The molecule has 0 aliphatic rings. The fourth-order valence-electron chi connectivity index (χ4n) is 6.99. The zero-order valence-electron chi connectivity index (χ0n) is 37.2. The van der Waals surface area contributed by atoms with Gasteiger partial charge in [-0.25, -0.2) is 0 Å². The van der Waals surface area contributed by atoms with Crippen LogP contribution in [-0.2, 0) is 20.1 Å². The van der Waals surface area contributed by atoms with Crippen LogP contribution in [0, 0.1) is 19.0 Å². The van der Waals surface area contributed by atoms with Crippen LogP contribution in [-0.4, -0.2) is 23.2 Å². The molecule has 0 amide bonds. The van der Waals surface area contributed by atoms with E-state index < -0.39 is 26.0 Å². The van der Waals surface area contributed by atoms with Crippen LogP contribution in [0.4, 0.5) is 0 Å². The Hall–Kier alpha value is -4.97. The summed E-state index contributed by atoms with van der Waals surface area (Å²) in [4.78, 5) is 9.26. The van der Waals surface area contributed by atoms with Gasteiger partial charge in [-0.1, -0.05) is 85.5 Å². The molecule has 0 atom stereocenters. The third-order valence-corrected chi connectivity index (χ3v) is 15.7. The molecule has 0 fully saturated rings. The van der Waals surface area contributed by atoms with Crippen LogP contribution in [0.1, 0.15) is 36.4 Å². The number of rotatable bonds is 7. The fourth-order valence-corrected chi connectivity index (χ4v) is 10.4. The molecule has 9 rings (SSSR count). The van der Waals surface area contributed by atoms with Crippen molar-refractivity contribution in [1.82, 2.24) is 9.97 Å². The summed E-state index contributed by atoms with van der Waals surface area (Å²) in [5, 5.41) is 2.47. The minimum absolute atomic E-state index is 0. The summed E-state index contributed by atoms with van der Waals surface area (Å²) >= 11 is -0.123. The summed E-state index contributed by atoms with van der Waals surface area (Å²) in [5.74, 6) is 6.33. The van der Waals surface area contributed by atoms with Gasteiger partial charge in [0.1, 0.15) is 0 Å². The minimum Gasteiger partial charge on any atom is 0 e. The smallest absolute Gasteiger partial charge is 0 e. The maximum Gasteiger partial charge on any atom is 0 e. The van der Waals surface area contributed by atoms with E-state index in [-0.39, 0.29) is 20.1 Å². The van der Waals surface area contributed by atoms with Crippen LogP contribution in [0.2, 0.25) is 17.3 Å². The molecule has 3 heterocycles. The molecule has 0 saturated heterocycles. The Morgan fingerprint density at radius 3 is 2.05 bits per heavy atom. The molecule has 289 valence electrons. The van der Waals surface area contributed by atoms with Gasteiger partial charge in [-0.3, -0.25) is 0 Å². The second kappa shape index (κ2) is 17.9. The van der Waals surface area contributed by atoms with Crippen LogP contribution in [0.5, 0.6) is 0 Å². The number of fused-ring (bicyclic) bond motifs is 3. The summed E-state index contributed by atoms with van der Waals surface area (Å²) in [5.41, 5.74) is 11.2. The van der Waals surface area contributed by atoms with E-state index in [1.54, 1.807) is 23.6 Å². The molecule has 2 nitrogen and oxygen atoms in total. The predicted molar refractivity (Wildman–Crippen MR) is 248 cm³/mol. The van der Waals surface area contributed by atoms with Gasteiger partial charge >= 0.3 is 146 Å². The van der Waals surface area contributed by atoms with Crippen molar-refractivity contribution in [1.29, 1.82) is 0 Å². The Kier molecular flexibility index (Phi) is 11.1. The Bertz CT molecular complexity index is 2970. The average Bonchev–Trinajstić information content (AvgIpc) is 3.65. The van der Waals surface area contributed by atoms with Gasteiger partial charge in [0, 0.05) is 32.4 Å². The summed E-state index contributed by atoms with van der Waals surface area (Å²) in [6, 6.07) is 57.9. The van der Waals surface area contributed by atoms with Crippen LogP contribution in [0.3, 0.4) is 0 Å². The molecule has 0 unspecified atom stereocenters. The largest absolute Gasteiger partial charge is 0 e. The summed E-state index contributed by atoms with van der Waals surface area (Å²) in [7, 11) is 0. The number of benzene rings is 6. The summed E-state index contributed by atoms with van der Waals surface area (Å²) in [6.07, 6.45) is 3.77. The zero-order chi connectivity index (χ0) is 42.9. The van der Waals surface area contributed by atoms with E-state index in [0.717, 1.165) is 33.6 Å². The Balaban J connectivity index is 0.000000192. The first-order valence-corrected chi connectivity index (χ1v) is 27.4. The van der Waals surface area contributed by atoms with Gasteiger partial charge in [-0.15, -0.1) is 23.8 Å². The molecular weight excluding hydrogens is 961 g/mol. The average molecular weight is 1010 g/mol. The van der Waals surface area contributed by atoms with Crippen molar-refractivity contribution >= 4 is 49.2 Å². The van der Waals surface area contributed by atoms with Crippen LogP contribution < -0.4 is 4.40 Å². The molecule has 1 radical (unpaired) electrons. The van der Waals surface area contributed by atoms with Gasteiger partial charge in [0.15, 0.2) is 0 Å². The molecule has 0 aliphatic heterocycles. The minimum atomic E-state index is -2.18. The van der Waals surface area contributed by atoms with Gasteiger partial charge < -0.3 is 4.98 Å². The number of pyridine rings is 2. The van der Waals surface area contributed by atoms with E-state index in [2.05, 4.69) is 118 Å². The first-order valence-electron chi connectivity index (χ1n) is 21.2. The van der Waals surface area contributed by atoms with Gasteiger partial charge in [0.25, 0.3) is 0 Å². The Morgan fingerprint density at radius 2 is 1.36 bits per heavy atom. The molecular formula is C53H46GeIrN2S-2. The van der Waals surface area contributed by atoms with Crippen LogP contribution in [0.25, 0.3) is 76.1 Å². The van der Waals surface area contributed by atoms with Crippen molar-refractivity contribution in [2.45, 2.75) is 43.9 Å². The van der Waals surface area contributed by atoms with Gasteiger partial charge in [-0.2, -0.15) is 11.3 Å². The van der Waals surface area contributed by atoms with Crippen molar-refractivity contribution in [2.24, 2.45) is 0 Å². The third-order valence-electron chi connectivity index (χ3n) is 10.3. The van der Waals surface area contributed by atoms with Crippen molar-refractivity contribution in [3.05, 3.63) is 187 Å². The molecule has 5 heteroatoms. The molecule has 0 spiro atoms. The van der Waals surface area contributed by atoms with E-state index in [4.69, 9.17) is 5.48 Å². The number of aromatic nitrogens is 2. The predicted octanol–water partition coefficient (Wildman–Crippen LogP) is 14.4. The van der Waals surface area contributed by atoms with E-state index in [9.17, 15) is 0 Å². The third kappa shape index (κ3) is 9.02. The number of hydrogen-bond acceptors (Lipinski definition) is 3. The van der Waals surface area contributed by atoms with Crippen molar-refractivity contribution in [3.63, 3.8) is 0 Å². The second-order valence-corrected chi connectivity index (χ2v) is 27.2. The van der Waals surface area contributed by atoms with Crippen LogP contribution >= 0.6 is 11.3 Å². The number of aryl methyl sites for hydroxylation is 1. The number of hydrogen-bond donors (Lipinski definition) is 0. The van der Waals surface area contributed by atoms with E-state index in [1.807, 2.05) is 86.8 Å². The molecule has 58 heavy (non-hydrogen) atoms. The number of nitrogens with zero attached hydrogens (tertiary/aromatic N) is 2. The molecule has 9 aromatic rings. The number of thiophene rings is 1. The van der Waals surface area contributed by atoms with Crippen molar-refractivity contribution in [2.75, 3.05) is 0 Å². The summed E-state index contributed by atoms with van der Waals surface area (Å²) in [6.45, 7) is 1.63. The van der Waals surface area contributed by atoms with Crippen molar-refractivity contribution in [3.8, 4) is 55.9 Å². The molecule has 0 N–H and O–H groups in total. The maximum atomic E-state index is 8.42.